The van der Waals surface area contributed by atoms with E-state index in [0.717, 1.165) is 12.1 Å². The molecule has 1 aromatic rings. The molecule has 1 N–H and O–H groups in total. The zero-order valence-corrected chi connectivity index (χ0v) is 8.65. The highest BCUT2D eigenvalue weighted by molar-refractivity contribution is 6.18. The Labute approximate surface area is 91.2 Å². The number of hydrogen-bond donors (Lipinski definition) is 1. The maximum atomic E-state index is 13.1. The summed E-state index contributed by atoms with van der Waals surface area (Å²) in [7, 11) is 0. The van der Waals surface area contributed by atoms with E-state index in [1.165, 1.54) is 6.07 Å². The average Bonchev–Trinajstić information content (AvgIpc) is 2.21. The van der Waals surface area contributed by atoms with Crippen LogP contribution in [0.2, 0.25) is 0 Å². The molecule has 5 heteroatoms. The summed E-state index contributed by atoms with van der Waals surface area (Å²) in [6.45, 7) is 0. The first-order valence-corrected chi connectivity index (χ1v) is 4.98. The summed E-state index contributed by atoms with van der Waals surface area (Å²) < 4.78 is 26.1. The smallest absolute Gasteiger partial charge is 0.224 e. The highest BCUT2D eigenvalue weighted by Gasteiger charge is 2.10. The van der Waals surface area contributed by atoms with Crippen LogP contribution in [0.15, 0.2) is 18.2 Å². The van der Waals surface area contributed by atoms with Crippen molar-refractivity contribution in [2.24, 2.45) is 0 Å². The quantitative estimate of drug-likeness (QED) is 0.796. The Morgan fingerprint density at radius 3 is 2.47 bits per heavy atom. The van der Waals surface area contributed by atoms with Crippen molar-refractivity contribution < 1.29 is 13.6 Å². The second-order valence-electron chi connectivity index (χ2n) is 2.94. The molecule has 0 aliphatic heterocycles. The van der Waals surface area contributed by atoms with Crippen LogP contribution < -0.4 is 5.32 Å². The number of hydrogen-bond acceptors (Lipinski definition) is 1. The molecule has 1 rings (SSSR count). The van der Waals surface area contributed by atoms with E-state index < -0.39 is 23.2 Å². The number of alkyl halides is 1. The van der Waals surface area contributed by atoms with Crippen LogP contribution in [-0.4, -0.2) is 11.8 Å². The fourth-order valence-corrected chi connectivity index (χ4v) is 1.18. The van der Waals surface area contributed by atoms with Gasteiger partial charge in [-0.3, -0.25) is 4.79 Å². The molecule has 1 aromatic carbocycles. The van der Waals surface area contributed by atoms with Gasteiger partial charge in [0.05, 0.1) is 0 Å². The van der Waals surface area contributed by atoms with Gasteiger partial charge in [0.25, 0.3) is 0 Å². The third-order valence-electron chi connectivity index (χ3n) is 1.76. The molecule has 0 unspecified atom stereocenters. The minimum atomic E-state index is -0.783. The largest absolute Gasteiger partial charge is 0.321 e. The van der Waals surface area contributed by atoms with E-state index in [-0.39, 0.29) is 6.42 Å². The molecule has 0 heterocycles. The first-order chi connectivity index (χ1) is 7.15. The zero-order valence-electron chi connectivity index (χ0n) is 7.90. The molecular formula is C10H10ClF2NO. The normalized spacial score (nSPS) is 10.1. The molecule has 15 heavy (non-hydrogen) atoms. The van der Waals surface area contributed by atoms with Crippen molar-refractivity contribution in [3.8, 4) is 0 Å². The van der Waals surface area contributed by atoms with Gasteiger partial charge in [0, 0.05) is 12.3 Å². The number of halogens is 3. The zero-order chi connectivity index (χ0) is 11.3. The summed E-state index contributed by atoms with van der Waals surface area (Å²) in [6, 6.07) is 3.40. The minimum absolute atomic E-state index is 0.150. The van der Waals surface area contributed by atoms with Gasteiger partial charge < -0.3 is 5.32 Å². The van der Waals surface area contributed by atoms with Crippen molar-refractivity contribution in [1.82, 2.24) is 0 Å². The molecule has 0 aliphatic rings. The Bertz CT molecular complexity index is 337. The minimum Gasteiger partial charge on any atom is -0.321 e. The molecule has 0 fully saturated rings. The molecule has 0 atom stereocenters. The van der Waals surface area contributed by atoms with Crippen LogP contribution in [-0.2, 0) is 4.79 Å². The van der Waals surface area contributed by atoms with Crippen molar-refractivity contribution in [1.29, 1.82) is 0 Å². The van der Waals surface area contributed by atoms with Gasteiger partial charge in [-0.05, 0) is 18.6 Å². The number of nitrogens with one attached hydrogen (secondary N) is 1. The highest BCUT2D eigenvalue weighted by Crippen LogP contribution is 2.18. The van der Waals surface area contributed by atoms with Crippen molar-refractivity contribution in [3.05, 3.63) is 29.8 Å². The molecular weight excluding hydrogens is 224 g/mol. The van der Waals surface area contributed by atoms with Gasteiger partial charge in [-0.1, -0.05) is 6.07 Å². The van der Waals surface area contributed by atoms with Crippen LogP contribution in [0.3, 0.4) is 0 Å². The van der Waals surface area contributed by atoms with Gasteiger partial charge >= 0.3 is 0 Å². The lowest BCUT2D eigenvalue weighted by Crippen LogP contribution is -2.13. The number of anilines is 1. The molecule has 0 aromatic heterocycles. The van der Waals surface area contributed by atoms with E-state index in [0.29, 0.717) is 12.3 Å². The molecule has 0 saturated carbocycles. The maximum Gasteiger partial charge on any atom is 0.224 e. The van der Waals surface area contributed by atoms with Gasteiger partial charge in [0.2, 0.25) is 5.91 Å². The SMILES string of the molecule is O=C(CCCCl)Nc1c(F)cccc1F. The number of para-hydroxylation sites is 1. The van der Waals surface area contributed by atoms with Crippen LogP contribution in [0.1, 0.15) is 12.8 Å². The van der Waals surface area contributed by atoms with Gasteiger partial charge in [-0.15, -0.1) is 11.6 Å². The van der Waals surface area contributed by atoms with Crippen LogP contribution in [0.4, 0.5) is 14.5 Å². The summed E-state index contributed by atoms with van der Waals surface area (Å²) in [5, 5.41) is 2.17. The standard InChI is InChI=1S/C10H10ClF2NO/c11-6-2-5-9(15)14-10-7(12)3-1-4-8(10)13/h1,3-4H,2,5-6H2,(H,14,15). The second-order valence-corrected chi connectivity index (χ2v) is 3.32. The Morgan fingerprint density at radius 1 is 1.33 bits per heavy atom. The predicted octanol–water partition coefficient (Wildman–Crippen LogP) is 2.92. The summed E-state index contributed by atoms with van der Waals surface area (Å²) in [6.07, 6.45) is 0.626. The molecule has 0 radical (unpaired) electrons. The Morgan fingerprint density at radius 2 is 1.93 bits per heavy atom. The Hall–Kier alpha value is -1.16. The first kappa shape index (κ1) is 11.9. The van der Waals surface area contributed by atoms with E-state index in [1.54, 1.807) is 0 Å². The van der Waals surface area contributed by atoms with Gasteiger partial charge in [0.1, 0.15) is 17.3 Å². The van der Waals surface area contributed by atoms with Gasteiger partial charge in [-0.25, -0.2) is 8.78 Å². The fourth-order valence-electron chi connectivity index (χ4n) is 1.05. The number of benzene rings is 1. The van der Waals surface area contributed by atoms with Crippen molar-refractivity contribution in [2.45, 2.75) is 12.8 Å². The van der Waals surface area contributed by atoms with E-state index in [1.807, 2.05) is 0 Å². The number of rotatable bonds is 4. The molecule has 1 amide bonds. The molecule has 0 saturated heterocycles. The summed E-state index contributed by atoms with van der Waals surface area (Å²) >= 11 is 5.38. The maximum absolute atomic E-state index is 13.1. The lowest BCUT2D eigenvalue weighted by Gasteiger charge is -2.06. The summed E-state index contributed by atoms with van der Waals surface area (Å²) in [5.41, 5.74) is -0.405. The number of carbonyl (C=O) groups excluding carboxylic acids is 1. The van der Waals surface area contributed by atoms with Crippen LogP contribution >= 0.6 is 11.6 Å². The predicted molar refractivity (Wildman–Crippen MR) is 54.9 cm³/mol. The monoisotopic (exact) mass is 233 g/mol. The molecule has 2 nitrogen and oxygen atoms in total. The fraction of sp³-hybridized carbons (Fsp3) is 0.300. The van der Waals surface area contributed by atoms with Crippen molar-refractivity contribution in [3.63, 3.8) is 0 Å². The third kappa shape index (κ3) is 3.47. The van der Waals surface area contributed by atoms with Gasteiger partial charge in [-0.2, -0.15) is 0 Å². The molecule has 0 bridgehead atoms. The topological polar surface area (TPSA) is 29.1 Å². The highest BCUT2D eigenvalue weighted by atomic mass is 35.5. The number of carbonyl (C=O) groups is 1. The van der Waals surface area contributed by atoms with Crippen LogP contribution in [0, 0.1) is 11.6 Å². The molecule has 82 valence electrons. The lowest BCUT2D eigenvalue weighted by atomic mass is 10.2. The Balaban J connectivity index is 2.68. The van der Waals surface area contributed by atoms with E-state index >= 15 is 0 Å². The first-order valence-electron chi connectivity index (χ1n) is 4.45. The van der Waals surface area contributed by atoms with E-state index in [9.17, 15) is 13.6 Å². The lowest BCUT2D eigenvalue weighted by molar-refractivity contribution is -0.116. The van der Waals surface area contributed by atoms with Crippen LogP contribution in [0.25, 0.3) is 0 Å². The second kappa shape index (κ2) is 5.66. The third-order valence-corrected chi connectivity index (χ3v) is 2.03. The summed E-state index contributed by atoms with van der Waals surface area (Å²) in [4.78, 5) is 11.2. The summed E-state index contributed by atoms with van der Waals surface area (Å²) in [5.74, 6) is -1.67. The molecule has 0 spiro atoms. The van der Waals surface area contributed by atoms with Crippen molar-refractivity contribution >= 4 is 23.2 Å². The molecule has 0 aliphatic carbocycles. The van der Waals surface area contributed by atoms with Gasteiger partial charge in [0.15, 0.2) is 0 Å². The van der Waals surface area contributed by atoms with E-state index in [2.05, 4.69) is 5.32 Å². The van der Waals surface area contributed by atoms with Crippen molar-refractivity contribution in [2.75, 3.05) is 11.2 Å². The van der Waals surface area contributed by atoms with E-state index in [4.69, 9.17) is 11.6 Å². The number of amides is 1. The average molecular weight is 234 g/mol. The van der Waals surface area contributed by atoms with Crippen LogP contribution in [0.5, 0.6) is 0 Å². The Kier molecular flexibility index (Phi) is 4.49.